The molecular weight excluding hydrogens is 300 g/mol. The lowest BCUT2D eigenvalue weighted by atomic mass is 9.82. The quantitative estimate of drug-likeness (QED) is 0.511. The van der Waals surface area contributed by atoms with E-state index in [4.69, 9.17) is 4.99 Å². The molecule has 2 fully saturated rings. The molecule has 1 aromatic rings. The average molecular weight is 332 g/mol. The maximum atomic E-state index is 4.89. The third kappa shape index (κ3) is 3.90. The van der Waals surface area contributed by atoms with Gasteiger partial charge in [0.1, 0.15) is 12.4 Å². The zero-order chi connectivity index (χ0) is 16.9. The van der Waals surface area contributed by atoms with Gasteiger partial charge in [-0.3, -0.25) is 0 Å². The molecule has 6 nitrogen and oxygen atoms in total. The van der Waals surface area contributed by atoms with E-state index in [0.29, 0.717) is 6.54 Å². The number of nitrogens with one attached hydrogen (secondary N) is 1. The summed E-state index contributed by atoms with van der Waals surface area (Å²) >= 11 is 0. The fourth-order valence-electron chi connectivity index (χ4n) is 3.96. The van der Waals surface area contributed by atoms with Crippen LogP contribution in [0, 0.1) is 18.8 Å². The van der Waals surface area contributed by atoms with Gasteiger partial charge in [-0.1, -0.05) is 26.2 Å². The van der Waals surface area contributed by atoms with Crippen molar-refractivity contribution in [1.82, 2.24) is 25.0 Å². The van der Waals surface area contributed by atoms with Gasteiger partial charge in [0.05, 0.1) is 0 Å². The van der Waals surface area contributed by atoms with E-state index in [0.717, 1.165) is 36.0 Å². The molecule has 1 saturated heterocycles. The van der Waals surface area contributed by atoms with E-state index in [1.165, 1.54) is 51.6 Å². The summed E-state index contributed by atoms with van der Waals surface area (Å²) in [4.78, 5) is 7.37. The van der Waals surface area contributed by atoms with Crippen LogP contribution in [0.25, 0.3) is 0 Å². The molecular formula is C18H32N6. The summed E-state index contributed by atoms with van der Waals surface area (Å²) in [6, 6.07) is 0. The highest BCUT2D eigenvalue weighted by Crippen LogP contribution is 2.35. The topological polar surface area (TPSA) is 58.3 Å². The van der Waals surface area contributed by atoms with Gasteiger partial charge in [-0.05, 0) is 38.0 Å². The monoisotopic (exact) mass is 332 g/mol. The summed E-state index contributed by atoms with van der Waals surface area (Å²) in [5, 5.41) is 12.0. The highest BCUT2D eigenvalue weighted by Gasteiger charge is 2.35. The Morgan fingerprint density at radius 2 is 1.92 bits per heavy atom. The van der Waals surface area contributed by atoms with Crippen molar-refractivity contribution in [2.45, 2.75) is 58.9 Å². The number of hydrogen-bond acceptors (Lipinski definition) is 3. The Labute approximate surface area is 145 Å². The molecule has 2 aliphatic rings. The van der Waals surface area contributed by atoms with E-state index >= 15 is 0 Å². The summed E-state index contributed by atoms with van der Waals surface area (Å²) in [7, 11) is 2.01. The maximum Gasteiger partial charge on any atom is 0.194 e. The van der Waals surface area contributed by atoms with Gasteiger partial charge in [0.15, 0.2) is 11.8 Å². The molecule has 2 unspecified atom stereocenters. The first-order valence-electron chi connectivity index (χ1n) is 9.57. The average Bonchev–Trinajstić information content (AvgIpc) is 3.15. The van der Waals surface area contributed by atoms with Crippen molar-refractivity contribution in [3.05, 3.63) is 11.6 Å². The molecule has 0 radical (unpaired) electrons. The van der Waals surface area contributed by atoms with Gasteiger partial charge in [0.25, 0.3) is 0 Å². The second-order valence-electron chi connectivity index (χ2n) is 7.35. The number of rotatable bonds is 5. The zero-order valence-corrected chi connectivity index (χ0v) is 15.5. The van der Waals surface area contributed by atoms with E-state index in [-0.39, 0.29) is 0 Å². The van der Waals surface area contributed by atoms with Crippen LogP contribution in [0.3, 0.4) is 0 Å². The molecule has 0 bridgehead atoms. The number of unbranched alkanes of at least 4 members (excludes halogenated alkanes) is 1. The third-order valence-electron chi connectivity index (χ3n) is 5.64. The Bertz CT molecular complexity index is 550. The van der Waals surface area contributed by atoms with Crippen LogP contribution in [0.15, 0.2) is 4.99 Å². The van der Waals surface area contributed by atoms with Crippen molar-refractivity contribution in [1.29, 1.82) is 0 Å². The van der Waals surface area contributed by atoms with Gasteiger partial charge in [-0.25, -0.2) is 4.99 Å². The molecule has 24 heavy (non-hydrogen) atoms. The number of guanidine groups is 1. The molecule has 0 aromatic carbocycles. The molecule has 1 aliphatic carbocycles. The highest BCUT2D eigenvalue weighted by molar-refractivity contribution is 5.80. The lowest BCUT2D eigenvalue weighted by Gasteiger charge is -2.22. The van der Waals surface area contributed by atoms with Crippen LogP contribution in [0.4, 0.5) is 0 Å². The summed E-state index contributed by atoms with van der Waals surface area (Å²) in [6.45, 7) is 8.13. The van der Waals surface area contributed by atoms with Gasteiger partial charge in [-0.2, -0.15) is 0 Å². The first-order chi connectivity index (χ1) is 11.7. The van der Waals surface area contributed by atoms with E-state index in [1.54, 1.807) is 0 Å². The van der Waals surface area contributed by atoms with Crippen LogP contribution < -0.4 is 5.32 Å². The van der Waals surface area contributed by atoms with Gasteiger partial charge >= 0.3 is 0 Å². The molecule has 3 rings (SSSR count). The highest BCUT2D eigenvalue weighted by atomic mass is 15.3. The smallest absolute Gasteiger partial charge is 0.194 e. The first kappa shape index (κ1) is 17.2. The molecule has 2 atom stereocenters. The molecule has 6 heteroatoms. The second-order valence-corrected chi connectivity index (χ2v) is 7.35. The minimum atomic E-state index is 0.595. The van der Waals surface area contributed by atoms with Gasteiger partial charge < -0.3 is 14.8 Å². The predicted octanol–water partition coefficient (Wildman–Crippen LogP) is 2.49. The molecule has 0 spiro atoms. The molecule has 1 aliphatic heterocycles. The SMILES string of the molecule is CCCCNC(=NCc1nnc(C)n1C)N1CC2CCCCC2C1. The standard InChI is InChI=1S/C18H32N6/c1-4-5-10-19-18(20-11-17-22-21-14(2)23(17)3)24-12-15-8-6-7-9-16(15)13-24/h15-16H,4-13H2,1-3H3,(H,19,20). The lowest BCUT2D eigenvalue weighted by molar-refractivity contribution is 0.299. The summed E-state index contributed by atoms with van der Waals surface area (Å²) in [6.07, 6.45) is 7.99. The molecule has 0 amide bonds. The Balaban J connectivity index is 1.68. The third-order valence-corrected chi connectivity index (χ3v) is 5.64. The van der Waals surface area contributed by atoms with E-state index in [9.17, 15) is 0 Å². The van der Waals surface area contributed by atoms with Crippen LogP contribution in [0.1, 0.15) is 57.1 Å². The number of aromatic nitrogens is 3. The Morgan fingerprint density at radius 3 is 2.50 bits per heavy atom. The van der Waals surface area contributed by atoms with Crippen LogP contribution in [0.2, 0.25) is 0 Å². The van der Waals surface area contributed by atoms with Gasteiger partial charge in [0.2, 0.25) is 0 Å². The van der Waals surface area contributed by atoms with Crippen molar-refractivity contribution in [2.24, 2.45) is 23.9 Å². The van der Waals surface area contributed by atoms with Crippen LogP contribution in [-0.2, 0) is 13.6 Å². The van der Waals surface area contributed by atoms with Crippen molar-refractivity contribution >= 4 is 5.96 Å². The van der Waals surface area contributed by atoms with E-state index in [2.05, 4.69) is 27.3 Å². The fraction of sp³-hybridized carbons (Fsp3) is 0.833. The molecule has 1 aromatic heterocycles. The number of hydrogen-bond donors (Lipinski definition) is 1. The van der Waals surface area contributed by atoms with Crippen molar-refractivity contribution in [3.63, 3.8) is 0 Å². The van der Waals surface area contributed by atoms with Crippen molar-refractivity contribution in [3.8, 4) is 0 Å². The van der Waals surface area contributed by atoms with Crippen LogP contribution in [-0.4, -0.2) is 45.3 Å². The number of aryl methyl sites for hydroxylation is 1. The van der Waals surface area contributed by atoms with Crippen LogP contribution in [0.5, 0.6) is 0 Å². The molecule has 1 saturated carbocycles. The maximum absolute atomic E-state index is 4.89. The molecule has 134 valence electrons. The van der Waals surface area contributed by atoms with Gasteiger partial charge in [-0.15, -0.1) is 10.2 Å². The molecule has 1 N–H and O–H groups in total. The first-order valence-corrected chi connectivity index (χ1v) is 9.57. The van der Waals surface area contributed by atoms with Crippen molar-refractivity contribution < 1.29 is 0 Å². The number of nitrogens with zero attached hydrogens (tertiary/aromatic N) is 5. The summed E-state index contributed by atoms with van der Waals surface area (Å²) < 4.78 is 2.02. The molecule has 2 heterocycles. The normalized spacial score (nSPS) is 24.3. The van der Waals surface area contributed by atoms with E-state index < -0.39 is 0 Å². The summed E-state index contributed by atoms with van der Waals surface area (Å²) in [5.74, 6) is 4.67. The number of likely N-dealkylation sites (tertiary alicyclic amines) is 1. The largest absolute Gasteiger partial charge is 0.356 e. The van der Waals surface area contributed by atoms with E-state index in [1.807, 2.05) is 18.5 Å². The van der Waals surface area contributed by atoms with Crippen LogP contribution >= 0.6 is 0 Å². The number of aliphatic imine (C=N–C) groups is 1. The second kappa shape index (κ2) is 7.99. The Hall–Kier alpha value is -1.59. The minimum absolute atomic E-state index is 0.595. The Morgan fingerprint density at radius 1 is 1.21 bits per heavy atom. The van der Waals surface area contributed by atoms with Gasteiger partial charge in [0, 0.05) is 26.7 Å². The summed E-state index contributed by atoms with van der Waals surface area (Å²) in [5.41, 5.74) is 0. The Kier molecular flexibility index (Phi) is 5.74. The minimum Gasteiger partial charge on any atom is -0.356 e. The lowest BCUT2D eigenvalue weighted by Crippen LogP contribution is -2.40. The predicted molar refractivity (Wildman–Crippen MR) is 96.8 cm³/mol. The zero-order valence-electron chi connectivity index (χ0n) is 15.5. The van der Waals surface area contributed by atoms with Crippen molar-refractivity contribution in [2.75, 3.05) is 19.6 Å². The fourth-order valence-corrected chi connectivity index (χ4v) is 3.96. The number of fused-ring (bicyclic) bond motifs is 1.